The van der Waals surface area contributed by atoms with E-state index in [0.29, 0.717) is 0 Å². The zero-order valence-corrected chi connectivity index (χ0v) is 10.8. The molecule has 2 rings (SSSR count). The molecule has 17 heavy (non-hydrogen) atoms. The van der Waals surface area contributed by atoms with E-state index in [1.54, 1.807) is 12.5 Å². The van der Waals surface area contributed by atoms with Crippen molar-refractivity contribution in [3.8, 4) is 6.07 Å². The lowest BCUT2D eigenvalue weighted by Gasteiger charge is -2.14. The van der Waals surface area contributed by atoms with Crippen LogP contribution in [0.15, 0.2) is 41.3 Å². The summed E-state index contributed by atoms with van der Waals surface area (Å²) < 4.78 is 2.76. The Bertz CT molecular complexity index is 556. The number of benzene rings is 1. The standard InChI is InChI=1S/C12H11BrN4/c1-17-8-15-7-12(17)11(6-14)16-10-5-3-2-4-9(10)13/h2-5,7-8,11,16H,1H3. The monoisotopic (exact) mass is 290 g/mol. The average Bonchev–Trinajstić information content (AvgIpc) is 2.75. The van der Waals surface area contributed by atoms with Gasteiger partial charge in [0.1, 0.15) is 0 Å². The van der Waals surface area contributed by atoms with Gasteiger partial charge in [-0.25, -0.2) is 4.98 Å². The Balaban J connectivity index is 2.26. The second-order valence-corrected chi connectivity index (χ2v) is 4.47. The fourth-order valence-electron chi connectivity index (χ4n) is 1.55. The number of anilines is 1. The van der Waals surface area contributed by atoms with Gasteiger partial charge in [-0.2, -0.15) is 5.26 Å². The minimum absolute atomic E-state index is 0.416. The predicted molar refractivity (Wildman–Crippen MR) is 69.3 cm³/mol. The molecule has 0 bridgehead atoms. The molecule has 1 heterocycles. The summed E-state index contributed by atoms with van der Waals surface area (Å²) in [6.45, 7) is 0. The Kier molecular flexibility index (Phi) is 3.45. The molecule has 0 spiro atoms. The van der Waals surface area contributed by atoms with Gasteiger partial charge < -0.3 is 9.88 Å². The highest BCUT2D eigenvalue weighted by molar-refractivity contribution is 9.10. The summed E-state index contributed by atoms with van der Waals surface area (Å²) in [6, 6.07) is 9.52. The van der Waals surface area contributed by atoms with Gasteiger partial charge in [0.05, 0.1) is 24.3 Å². The molecule has 1 unspecified atom stereocenters. The number of halogens is 1. The van der Waals surface area contributed by atoms with Crippen LogP contribution < -0.4 is 5.32 Å². The van der Waals surface area contributed by atoms with Gasteiger partial charge in [-0.1, -0.05) is 12.1 Å². The van der Waals surface area contributed by atoms with Crippen molar-refractivity contribution in [3.63, 3.8) is 0 Å². The van der Waals surface area contributed by atoms with E-state index in [0.717, 1.165) is 15.9 Å². The predicted octanol–water partition coefficient (Wildman–Crippen LogP) is 2.86. The number of aryl methyl sites for hydroxylation is 1. The van der Waals surface area contributed by atoms with Crippen molar-refractivity contribution in [2.75, 3.05) is 5.32 Å². The lowest BCUT2D eigenvalue weighted by Crippen LogP contribution is -2.12. The molecule has 86 valence electrons. The van der Waals surface area contributed by atoms with E-state index in [-0.39, 0.29) is 0 Å². The maximum atomic E-state index is 9.21. The van der Waals surface area contributed by atoms with Gasteiger partial charge in [-0.15, -0.1) is 0 Å². The molecule has 0 amide bonds. The van der Waals surface area contributed by atoms with Gasteiger partial charge >= 0.3 is 0 Å². The van der Waals surface area contributed by atoms with Crippen LogP contribution in [0.25, 0.3) is 0 Å². The Labute approximate surface area is 108 Å². The normalized spacial score (nSPS) is 11.8. The summed E-state index contributed by atoms with van der Waals surface area (Å²) in [5.74, 6) is 0. The van der Waals surface area contributed by atoms with E-state index < -0.39 is 6.04 Å². The van der Waals surface area contributed by atoms with Crippen LogP contribution in [0, 0.1) is 11.3 Å². The van der Waals surface area contributed by atoms with E-state index >= 15 is 0 Å². The summed E-state index contributed by atoms with van der Waals surface area (Å²) in [6.07, 6.45) is 3.37. The number of imidazole rings is 1. The van der Waals surface area contributed by atoms with Gasteiger partial charge in [0.2, 0.25) is 0 Å². The molecular weight excluding hydrogens is 280 g/mol. The lowest BCUT2D eigenvalue weighted by molar-refractivity contribution is 0.798. The van der Waals surface area contributed by atoms with E-state index in [2.05, 4.69) is 32.3 Å². The molecule has 0 fully saturated rings. The van der Waals surface area contributed by atoms with E-state index in [9.17, 15) is 5.26 Å². The molecule has 1 atom stereocenters. The summed E-state index contributed by atoms with van der Waals surface area (Å²) >= 11 is 3.44. The van der Waals surface area contributed by atoms with Crippen molar-refractivity contribution < 1.29 is 0 Å². The van der Waals surface area contributed by atoms with Gasteiger partial charge in [-0.05, 0) is 28.1 Å². The number of hydrogen-bond donors (Lipinski definition) is 1. The van der Waals surface area contributed by atoms with Crippen molar-refractivity contribution >= 4 is 21.6 Å². The van der Waals surface area contributed by atoms with Crippen molar-refractivity contribution in [1.29, 1.82) is 5.26 Å². The van der Waals surface area contributed by atoms with Crippen LogP contribution in [0.3, 0.4) is 0 Å². The lowest BCUT2D eigenvalue weighted by atomic mass is 10.2. The highest BCUT2D eigenvalue weighted by Gasteiger charge is 2.14. The first-order chi connectivity index (χ1) is 8.22. The second kappa shape index (κ2) is 5.02. The van der Waals surface area contributed by atoms with Crippen LogP contribution in [0.1, 0.15) is 11.7 Å². The third-order valence-corrected chi connectivity index (χ3v) is 3.14. The minimum atomic E-state index is -0.416. The first-order valence-electron chi connectivity index (χ1n) is 5.09. The number of aromatic nitrogens is 2. The van der Waals surface area contributed by atoms with E-state index in [1.165, 1.54) is 0 Å². The molecular formula is C12H11BrN4. The van der Waals surface area contributed by atoms with Crippen LogP contribution in [0.5, 0.6) is 0 Å². The molecule has 4 nitrogen and oxygen atoms in total. The fraction of sp³-hybridized carbons (Fsp3) is 0.167. The zero-order valence-electron chi connectivity index (χ0n) is 9.26. The largest absolute Gasteiger partial charge is 0.364 e. The number of para-hydroxylation sites is 1. The van der Waals surface area contributed by atoms with Gasteiger partial charge in [0.15, 0.2) is 6.04 Å². The average molecular weight is 291 g/mol. The fourth-order valence-corrected chi connectivity index (χ4v) is 1.95. The molecule has 0 aliphatic heterocycles. The van der Waals surface area contributed by atoms with E-state index in [4.69, 9.17) is 0 Å². The SMILES string of the molecule is Cn1cncc1C(C#N)Nc1ccccc1Br. The highest BCUT2D eigenvalue weighted by atomic mass is 79.9. The summed E-state index contributed by atoms with van der Waals surface area (Å²) in [5.41, 5.74) is 1.73. The van der Waals surface area contributed by atoms with Crippen LogP contribution in [0.4, 0.5) is 5.69 Å². The topological polar surface area (TPSA) is 53.6 Å². The Morgan fingerprint density at radius 3 is 2.82 bits per heavy atom. The maximum Gasteiger partial charge on any atom is 0.156 e. The molecule has 0 saturated heterocycles. The van der Waals surface area contributed by atoms with Crippen molar-refractivity contribution in [2.24, 2.45) is 7.05 Å². The first kappa shape index (κ1) is 11.7. The maximum absolute atomic E-state index is 9.21. The molecule has 0 aliphatic rings. The van der Waals surface area contributed by atoms with Gasteiger partial charge in [0.25, 0.3) is 0 Å². The minimum Gasteiger partial charge on any atom is -0.364 e. The number of rotatable bonds is 3. The van der Waals surface area contributed by atoms with Crippen LogP contribution >= 0.6 is 15.9 Å². The third kappa shape index (κ3) is 2.48. The summed E-state index contributed by atoms with van der Waals surface area (Å²) in [7, 11) is 1.87. The third-order valence-electron chi connectivity index (χ3n) is 2.45. The summed E-state index contributed by atoms with van der Waals surface area (Å²) in [4.78, 5) is 4.01. The first-order valence-corrected chi connectivity index (χ1v) is 5.88. The van der Waals surface area contributed by atoms with Gasteiger partial charge in [0, 0.05) is 17.2 Å². The molecule has 0 radical (unpaired) electrons. The van der Waals surface area contributed by atoms with Crippen molar-refractivity contribution in [1.82, 2.24) is 9.55 Å². The summed E-state index contributed by atoms with van der Waals surface area (Å²) in [5, 5.41) is 12.4. The number of nitriles is 1. The molecule has 5 heteroatoms. The molecule has 2 aromatic rings. The highest BCUT2D eigenvalue weighted by Crippen LogP contribution is 2.25. The van der Waals surface area contributed by atoms with Crippen LogP contribution in [-0.2, 0) is 7.05 Å². The Morgan fingerprint density at radius 1 is 1.47 bits per heavy atom. The molecule has 0 saturated carbocycles. The number of hydrogen-bond acceptors (Lipinski definition) is 3. The molecule has 1 aromatic heterocycles. The number of nitrogens with zero attached hydrogens (tertiary/aromatic N) is 3. The van der Waals surface area contributed by atoms with Crippen molar-refractivity contribution in [3.05, 3.63) is 47.0 Å². The van der Waals surface area contributed by atoms with E-state index in [1.807, 2.05) is 35.9 Å². The zero-order chi connectivity index (χ0) is 12.3. The molecule has 1 aromatic carbocycles. The Hall–Kier alpha value is -1.80. The number of nitrogens with one attached hydrogen (secondary N) is 1. The Morgan fingerprint density at radius 2 is 2.24 bits per heavy atom. The molecule has 1 N–H and O–H groups in total. The quantitative estimate of drug-likeness (QED) is 0.946. The molecule has 0 aliphatic carbocycles. The van der Waals surface area contributed by atoms with Crippen molar-refractivity contribution in [2.45, 2.75) is 6.04 Å². The second-order valence-electron chi connectivity index (χ2n) is 3.62. The van der Waals surface area contributed by atoms with Gasteiger partial charge in [-0.3, -0.25) is 0 Å². The smallest absolute Gasteiger partial charge is 0.156 e. The van der Waals surface area contributed by atoms with Crippen LogP contribution in [-0.4, -0.2) is 9.55 Å². The van der Waals surface area contributed by atoms with Crippen LogP contribution in [0.2, 0.25) is 0 Å².